The summed E-state index contributed by atoms with van der Waals surface area (Å²) < 4.78 is 12.0. The molecule has 1 unspecified atom stereocenters. The summed E-state index contributed by atoms with van der Waals surface area (Å²) in [6.45, 7) is 6.97. The molecule has 2 heterocycles. The minimum absolute atomic E-state index is 0.150. The number of nitrogens with two attached hydrogens (primary N) is 1. The van der Waals surface area contributed by atoms with E-state index < -0.39 is 0 Å². The summed E-state index contributed by atoms with van der Waals surface area (Å²) in [5, 5.41) is 4.21. The van der Waals surface area contributed by atoms with E-state index >= 15 is 0 Å². The maximum atomic E-state index is 12.1. The van der Waals surface area contributed by atoms with Crippen molar-refractivity contribution in [1.82, 2.24) is 9.78 Å². The highest BCUT2D eigenvalue weighted by molar-refractivity contribution is 5.43. The molecule has 0 aliphatic carbocycles. The first-order valence-electron chi connectivity index (χ1n) is 7.12. The largest absolute Gasteiger partial charge is 0.383 e. The van der Waals surface area contributed by atoms with E-state index in [9.17, 15) is 4.79 Å². The Labute approximate surface area is 124 Å². The topological polar surface area (TPSA) is 82.6 Å². The van der Waals surface area contributed by atoms with Crippen molar-refractivity contribution in [2.75, 3.05) is 38.3 Å². The van der Waals surface area contributed by atoms with Gasteiger partial charge in [-0.1, -0.05) is 0 Å². The van der Waals surface area contributed by atoms with E-state index in [-0.39, 0.29) is 17.2 Å². The van der Waals surface area contributed by atoms with Gasteiger partial charge in [0.2, 0.25) is 0 Å². The Kier molecular flexibility index (Phi) is 4.97. The van der Waals surface area contributed by atoms with Crippen LogP contribution in [0.15, 0.2) is 17.1 Å². The van der Waals surface area contributed by atoms with Crippen molar-refractivity contribution in [3.05, 3.63) is 22.6 Å². The number of nitrogens with zero attached hydrogens (tertiary/aromatic N) is 3. The summed E-state index contributed by atoms with van der Waals surface area (Å²) in [4.78, 5) is 14.3. The molecule has 7 heteroatoms. The number of anilines is 1. The zero-order chi connectivity index (χ0) is 15.5. The second-order valence-electron chi connectivity index (χ2n) is 5.98. The predicted octanol–water partition coefficient (Wildman–Crippen LogP) is -0.168. The number of aromatic nitrogens is 2. The first-order chi connectivity index (χ1) is 9.91. The molecule has 0 bridgehead atoms. The predicted molar refractivity (Wildman–Crippen MR) is 80.6 cm³/mol. The lowest BCUT2D eigenvalue weighted by molar-refractivity contribution is -0.0277. The van der Waals surface area contributed by atoms with Crippen molar-refractivity contribution >= 4 is 5.69 Å². The second kappa shape index (κ2) is 6.55. The average molecular weight is 296 g/mol. The van der Waals surface area contributed by atoms with Gasteiger partial charge in [0.25, 0.3) is 5.56 Å². The normalized spacial score (nSPS) is 19.5. The van der Waals surface area contributed by atoms with Gasteiger partial charge in [-0.25, -0.2) is 4.68 Å². The highest BCUT2D eigenvalue weighted by Gasteiger charge is 2.27. The molecule has 2 N–H and O–H groups in total. The Morgan fingerprint density at radius 1 is 1.57 bits per heavy atom. The molecule has 1 aromatic rings. The Bertz CT molecular complexity index is 529. The zero-order valence-electron chi connectivity index (χ0n) is 12.9. The maximum Gasteiger partial charge on any atom is 0.268 e. The van der Waals surface area contributed by atoms with Gasteiger partial charge < -0.3 is 20.1 Å². The Hall–Kier alpha value is -1.44. The molecule has 118 valence electrons. The number of ether oxygens (including phenoxy) is 2. The number of hydrogen-bond donors (Lipinski definition) is 1. The molecule has 0 radical (unpaired) electrons. The molecule has 1 atom stereocenters. The van der Waals surface area contributed by atoms with Crippen molar-refractivity contribution < 1.29 is 9.47 Å². The van der Waals surface area contributed by atoms with Crippen molar-refractivity contribution in [1.29, 1.82) is 0 Å². The quantitative estimate of drug-likeness (QED) is 0.812. The highest BCUT2D eigenvalue weighted by atomic mass is 16.5. The van der Waals surface area contributed by atoms with Gasteiger partial charge in [-0.15, -0.1) is 0 Å². The van der Waals surface area contributed by atoms with Crippen LogP contribution in [0.1, 0.15) is 13.8 Å². The molecule has 1 saturated heterocycles. The van der Waals surface area contributed by atoms with E-state index in [1.807, 2.05) is 13.8 Å². The fourth-order valence-corrected chi connectivity index (χ4v) is 2.46. The minimum atomic E-state index is -0.242. The molecule has 1 aromatic heterocycles. The van der Waals surface area contributed by atoms with E-state index in [1.165, 1.54) is 4.68 Å². The van der Waals surface area contributed by atoms with E-state index in [2.05, 4.69) is 10.00 Å². The third-order valence-electron chi connectivity index (χ3n) is 3.43. The highest BCUT2D eigenvalue weighted by Crippen LogP contribution is 2.21. The number of morpholine rings is 1. The second-order valence-corrected chi connectivity index (χ2v) is 5.98. The first-order valence-corrected chi connectivity index (χ1v) is 7.12. The molecule has 0 amide bonds. The molecular weight excluding hydrogens is 272 g/mol. The van der Waals surface area contributed by atoms with Crippen LogP contribution in [0.4, 0.5) is 5.69 Å². The lowest BCUT2D eigenvalue weighted by atomic mass is 10.1. The molecule has 1 fully saturated rings. The van der Waals surface area contributed by atoms with Gasteiger partial charge in [0, 0.05) is 32.3 Å². The molecule has 0 saturated carbocycles. The van der Waals surface area contributed by atoms with Crippen LogP contribution in [0.3, 0.4) is 0 Å². The summed E-state index contributed by atoms with van der Waals surface area (Å²) in [6, 6.07) is 1.36. The number of rotatable bonds is 5. The lowest BCUT2D eigenvalue weighted by Gasteiger charge is -2.39. The van der Waals surface area contributed by atoms with Crippen LogP contribution in [-0.2, 0) is 16.0 Å². The average Bonchev–Trinajstić information content (AvgIpc) is 2.40. The molecule has 0 spiro atoms. The Balaban J connectivity index is 2.10. The summed E-state index contributed by atoms with van der Waals surface area (Å²) in [5.74, 6) is 0. The molecule has 7 nitrogen and oxygen atoms in total. The van der Waals surface area contributed by atoms with Crippen LogP contribution in [0, 0.1) is 0 Å². The van der Waals surface area contributed by atoms with Crippen LogP contribution in [0.2, 0.25) is 0 Å². The fourth-order valence-electron chi connectivity index (χ4n) is 2.46. The molecule has 1 aliphatic heterocycles. The van der Waals surface area contributed by atoms with Gasteiger partial charge in [-0.3, -0.25) is 4.79 Å². The SMILES string of the molecule is COCC(N)Cn1ncc(N2CCOC(C)(C)C2)cc1=O. The van der Waals surface area contributed by atoms with Crippen LogP contribution < -0.4 is 16.2 Å². The van der Waals surface area contributed by atoms with E-state index in [4.69, 9.17) is 15.2 Å². The first kappa shape index (κ1) is 15.9. The van der Waals surface area contributed by atoms with Gasteiger partial charge in [0.1, 0.15) is 0 Å². The smallest absolute Gasteiger partial charge is 0.268 e. The standard InChI is InChI=1S/C14H24N4O3/c1-14(2)10-17(4-5-21-14)12-6-13(19)18(16-7-12)8-11(15)9-20-3/h6-7,11H,4-5,8-10,15H2,1-3H3. The third-order valence-corrected chi connectivity index (χ3v) is 3.43. The summed E-state index contributed by atoms with van der Waals surface area (Å²) in [6.07, 6.45) is 1.71. The van der Waals surface area contributed by atoms with Crippen LogP contribution in [0.25, 0.3) is 0 Å². The van der Waals surface area contributed by atoms with Crippen molar-refractivity contribution in [3.8, 4) is 0 Å². The molecule has 1 aliphatic rings. The van der Waals surface area contributed by atoms with Crippen LogP contribution in [0.5, 0.6) is 0 Å². The molecular formula is C14H24N4O3. The number of hydrogen-bond acceptors (Lipinski definition) is 6. The van der Waals surface area contributed by atoms with Gasteiger partial charge in [0.15, 0.2) is 0 Å². The van der Waals surface area contributed by atoms with Crippen LogP contribution in [-0.4, -0.2) is 54.8 Å². The maximum absolute atomic E-state index is 12.1. The minimum Gasteiger partial charge on any atom is -0.383 e. The van der Waals surface area contributed by atoms with E-state index in [0.29, 0.717) is 19.8 Å². The summed E-state index contributed by atoms with van der Waals surface area (Å²) in [5.41, 5.74) is 6.31. The lowest BCUT2D eigenvalue weighted by Crippen LogP contribution is -2.48. The van der Waals surface area contributed by atoms with E-state index in [0.717, 1.165) is 18.8 Å². The summed E-state index contributed by atoms with van der Waals surface area (Å²) >= 11 is 0. The van der Waals surface area contributed by atoms with Gasteiger partial charge in [0.05, 0.1) is 37.2 Å². The number of methoxy groups -OCH3 is 1. The summed E-state index contributed by atoms with van der Waals surface area (Å²) in [7, 11) is 1.58. The molecule has 21 heavy (non-hydrogen) atoms. The van der Waals surface area contributed by atoms with Crippen molar-refractivity contribution in [3.63, 3.8) is 0 Å². The monoisotopic (exact) mass is 296 g/mol. The zero-order valence-corrected chi connectivity index (χ0v) is 12.9. The van der Waals surface area contributed by atoms with Gasteiger partial charge in [-0.2, -0.15) is 5.10 Å². The van der Waals surface area contributed by atoms with Crippen molar-refractivity contribution in [2.24, 2.45) is 5.73 Å². The fraction of sp³-hybridized carbons (Fsp3) is 0.714. The third kappa shape index (κ3) is 4.26. The van der Waals surface area contributed by atoms with Crippen LogP contribution >= 0.6 is 0 Å². The molecule has 0 aromatic carbocycles. The van der Waals surface area contributed by atoms with E-state index in [1.54, 1.807) is 19.4 Å². The Morgan fingerprint density at radius 3 is 2.95 bits per heavy atom. The van der Waals surface area contributed by atoms with Crippen molar-refractivity contribution in [2.45, 2.75) is 32.0 Å². The van der Waals surface area contributed by atoms with Gasteiger partial charge >= 0.3 is 0 Å². The van der Waals surface area contributed by atoms with Gasteiger partial charge in [-0.05, 0) is 13.8 Å². The Morgan fingerprint density at radius 2 is 2.33 bits per heavy atom. The molecule has 2 rings (SSSR count).